The van der Waals surface area contributed by atoms with Gasteiger partial charge < -0.3 is 21.1 Å². The number of carbonyl (C=O) groups is 1. The molecule has 6 heteroatoms. The van der Waals surface area contributed by atoms with Gasteiger partial charge in [-0.1, -0.05) is 0 Å². The topological polar surface area (TPSA) is 78.6 Å². The monoisotopic (exact) mass is 281 g/mol. The van der Waals surface area contributed by atoms with Crippen LogP contribution < -0.4 is 11.1 Å². The number of nitrogens with zero attached hydrogens (tertiary/aromatic N) is 1. The second-order valence-electron chi connectivity index (χ2n) is 5.18. The molecule has 1 amide bonds. The zero-order chi connectivity index (χ0) is 14.5. The largest absolute Gasteiger partial charge is 0.399 e. The molecular formula is C14H20FN3O2. The van der Waals surface area contributed by atoms with Crippen molar-refractivity contribution in [1.29, 1.82) is 0 Å². The fraction of sp³-hybridized carbons (Fsp3) is 0.500. The van der Waals surface area contributed by atoms with Crippen molar-refractivity contribution in [3.63, 3.8) is 0 Å². The molecular weight excluding hydrogens is 261 g/mol. The predicted octanol–water partition coefficient (Wildman–Crippen LogP) is 1.05. The fourth-order valence-corrected chi connectivity index (χ4v) is 2.38. The minimum atomic E-state index is -0.492. The summed E-state index contributed by atoms with van der Waals surface area (Å²) < 4.78 is 13.5. The molecule has 2 rings (SSSR count). The van der Waals surface area contributed by atoms with Crippen LogP contribution in [0.5, 0.6) is 0 Å². The van der Waals surface area contributed by atoms with Gasteiger partial charge in [-0.2, -0.15) is 0 Å². The summed E-state index contributed by atoms with van der Waals surface area (Å²) in [6, 6.07) is 4.09. The van der Waals surface area contributed by atoms with E-state index in [1.807, 2.05) is 0 Å². The van der Waals surface area contributed by atoms with Gasteiger partial charge in [0.25, 0.3) is 0 Å². The number of aliphatic hydroxyl groups excluding tert-OH is 1. The molecule has 1 saturated heterocycles. The highest BCUT2D eigenvalue weighted by Crippen LogP contribution is 2.18. The molecule has 1 aliphatic heterocycles. The van der Waals surface area contributed by atoms with Crippen LogP contribution in [0.1, 0.15) is 12.8 Å². The first-order chi connectivity index (χ1) is 9.58. The van der Waals surface area contributed by atoms with Crippen molar-refractivity contribution in [2.45, 2.75) is 12.8 Å². The van der Waals surface area contributed by atoms with Crippen LogP contribution in [0.25, 0.3) is 0 Å². The number of carbonyl (C=O) groups excluding carboxylic acids is 1. The Bertz CT molecular complexity index is 481. The van der Waals surface area contributed by atoms with Crippen molar-refractivity contribution < 1.29 is 14.3 Å². The highest BCUT2D eigenvalue weighted by molar-refractivity contribution is 5.91. The van der Waals surface area contributed by atoms with Crippen LogP contribution in [0.2, 0.25) is 0 Å². The SMILES string of the molecule is Nc1ccc(F)c(NC(=O)CCN2CCC(CO)C2)c1. The zero-order valence-corrected chi connectivity index (χ0v) is 11.3. The maximum atomic E-state index is 13.5. The molecule has 0 saturated carbocycles. The van der Waals surface area contributed by atoms with Gasteiger partial charge in [-0.05, 0) is 37.1 Å². The van der Waals surface area contributed by atoms with Crippen molar-refractivity contribution in [2.75, 3.05) is 37.3 Å². The summed E-state index contributed by atoms with van der Waals surface area (Å²) in [6.45, 7) is 2.52. The first kappa shape index (κ1) is 14.7. The normalized spacial score (nSPS) is 19.2. The van der Waals surface area contributed by atoms with Crippen LogP contribution in [0.15, 0.2) is 18.2 Å². The number of nitrogens with two attached hydrogens (primary N) is 1. The van der Waals surface area contributed by atoms with Crippen molar-refractivity contribution >= 4 is 17.3 Å². The van der Waals surface area contributed by atoms with Gasteiger partial charge in [0.1, 0.15) is 5.82 Å². The second-order valence-corrected chi connectivity index (χ2v) is 5.18. The molecule has 1 heterocycles. The molecule has 0 aliphatic carbocycles. The summed E-state index contributed by atoms with van der Waals surface area (Å²) in [5.41, 5.74) is 6.08. The highest BCUT2D eigenvalue weighted by Gasteiger charge is 2.21. The molecule has 4 N–H and O–H groups in total. The van der Waals surface area contributed by atoms with Crippen LogP contribution in [0.3, 0.4) is 0 Å². The first-order valence-electron chi connectivity index (χ1n) is 6.76. The van der Waals surface area contributed by atoms with Crippen molar-refractivity contribution in [2.24, 2.45) is 5.92 Å². The van der Waals surface area contributed by atoms with Gasteiger partial charge in [0.15, 0.2) is 0 Å². The molecule has 1 fully saturated rings. The smallest absolute Gasteiger partial charge is 0.225 e. The Labute approximate surface area is 117 Å². The predicted molar refractivity (Wildman–Crippen MR) is 75.7 cm³/mol. The molecule has 1 unspecified atom stereocenters. The van der Waals surface area contributed by atoms with Gasteiger partial charge in [-0.15, -0.1) is 0 Å². The Balaban J connectivity index is 1.79. The van der Waals surface area contributed by atoms with E-state index in [0.29, 0.717) is 24.6 Å². The number of anilines is 2. The van der Waals surface area contributed by atoms with Crippen LogP contribution in [-0.4, -0.2) is 42.2 Å². The van der Waals surface area contributed by atoms with Gasteiger partial charge in [0, 0.05) is 31.8 Å². The van der Waals surface area contributed by atoms with Crippen LogP contribution in [0, 0.1) is 11.7 Å². The molecule has 0 aromatic heterocycles. The van der Waals surface area contributed by atoms with Crippen LogP contribution in [0.4, 0.5) is 15.8 Å². The third-order valence-electron chi connectivity index (χ3n) is 3.55. The number of nitrogen functional groups attached to an aromatic ring is 1. The average molecular weight is 281 g/mol. The quantitative estimate of drug-likeness (QED) is 0.705. The Hall–Kier alpha value is -1.66. The van der Waals surface area contributed by atoms with Crippen LogP contribution in [-0.2, 0) is 4.79 Å². The number of halogens is 1. The molecule has 1 atom stereocenters. The Morgan fingerprint density at radius 3 is 3.05 bits per heavy atom. The van der Waals surface area contributed by atoms with E-state index in [4.69, 9.17) is 10.8 Å². The van der Waals surface area contributed by atoms with E-state index in [-0.39, 0.29) is 18.2 Å². The minimum Gasteiger partial charge on any atom is -0.399 e. The summed E-state index contributed by atoms with van der Waals surface area (Å²) in [6.07, 6.45) is 1.26. The summed E-state index contributed by atoms with van der Waals surface area (Å²) in [5.74, 6) is -0.416. The number of benzene rings is 1. The van der Waals surface area contributed by atoms with Gasteiger partial charge in [-0.25, -0.2) is 4.39 Å². The minimum absolute atomic E-state index is 0.115. The maximum Gasteiger partial charge on any atom is 0.225 e. The number of aliphatic hydroxyl groups is 1. The van der Waals surface area contributed by atoms with E-state index < -0.39 is 5.82 Å². The van der Waals surface area contributed by atoms with Gasteiger partial charge >= 0.3 is 0 Å². The second kappa shape index (κ2) is 6.67. The fourth-order valence-electron chi connectivity index (χ4n) is 2.38. The summed E-state index contributed by atoms with van der Waals surface area (Å²) >= 11 is 0. The number of nitrogens with one attached hydrogen (secondary N) is 1. The number of rotatable bonds is 5. The zero-order valence-electron chi connectivity index (χ0n) is 11.3. The molecule has 5 nitrogen and oxygen atoms in total. The van der Waals surface area contributed by atoms with E-state index >= 15 is 0 Å². The average Bonchev–Trinajstić information content (AvgIpc) is 2.89. The van der Waals surface area contributed by atoms with Crippen molar-refractivity contribution in [3.8, 4) is 0 Å². The van der Waals surface area contributed by atoms with E-state index in [2.05, 4.69) is 10.2 Å². The van der Waals surface area contributed by atoms with Crippen molar-refractivity contribution in [3.05, 3.63) is 24.0 Å². The lowest BCUT2D eigenvalue weighted by Crippen LogP contribution is -2.26. The lowest BCUT2D eigenvalue weighted by molar-refractivity contribution is -0.116. The third kappa shape index (κ3) is 3.91. The number of hydrogen-bond donors (Lipinski definition) is 3. The number of likely N-dealkylation sites (tertiary alicyclic amines) is 1. The van der Waals surface area contributed by atoms with Crippen molar-refractivity contribution in [1.82, 2.24) is 4.90 Å². The third-order valence-corrected chi connectivity index (χ3v) is 3.55. The molecule has 1 aromatic rings. The molecule has 110 valence electrons. The maximum absolute atomic E-state index is 13.5. The lowest BCUT2D eigenvalue weighted by Gasteiger charge is -2.15. The number of hydrogen-bond acceptors (Lipinski definition) is 4. The molecule has 0 spiro atoms. The summed E-state index contributed by atoms with van der Waals surface area (Å²) in [4.78, 5) is 13.9. The van der Waals surface area contributed by atoms with Gasteiger partial charge in [0.2, 0.25) is 5.91 Å². The molecule has 20 heavy (non-hydrogen) atoms. The lowest BCUT2D eigenvalue weighted by atomic mass is 10.1. The van der Waals surface area contributed by atoms with E-state index in [1.165, 1.54) is 18.2 Å². The summed E-state index contributed by atoms with van der Waals surface area (Å²) in [7, 11) is 0. The van der Waals surface area contributed by atoms with Crippen LogP contribution >= 0.6 is 0 Å². The standard InChI is InChI=1S/C14H20FN3O2/c15-12-2-1-11(16)7-13(12)17-14(20)4-6-18-5-3-10(8-18)9-19/h1-2,7,10,19H,3-6,8-9,16H2,(H,17,20). The molecule has 0 bridgehead atoms. The molecule has 1 aliphatic rings. The van der Waals surface area contributed by atoms with E-state index in [0.717, 1.165) is 19.5 Å². The van der Waals surface area contributed by atoms with E-state index in [9.17, 15) is 9.18 Å². The number of amides is 1. The first-order valence-corrected chi connectivity index (χ1v) is 6.76. The highest BCUT2D eigenvalue weighted by atomic mass is 19.1. The Kier molecular flexibility index (Phi) is 4.92. The van der Waals surface area contributed by atoms with E-state index in [1.54, 1.807) is 0 Å². The Morgan fingerprint density at radius 2 is 2.35 bits per heavy atom. The van der Waals surface area contributed by atoms with Gasteiger partial charge in [-0.3, -0.25) is 4.79 Å². The molecule has 1 aromatic carbocycles. The molecule has 0 radical (unpaired) electrons. The summed E-state index contributed by atoms with van der Waals surface area (Å²) in [5, 5.41) is 11.6. The Morgan fingerprint density at radius 1 is 1.55 bits per heavy atom. The van der Waals surface area contributed by atoms with Gasteiger partial charge in [0.05, 0.1) is 5.69 Å².